The van der Waals surface area contributed by atoms with Gasteiger partial charge in [0.25, 0.3) is 5.91 Å². The summed E-state index contributed by atoms with van der Waals surface area (Å²) in [6, 6.07) is 13.5. The molecule has 2 aromatic heterocycles. The van der Waals surface area contributed by atoms with E-state index >= 15 is 0 Å². The summed E-state index contributed by atoms with van der Waals surface area (Å²) in [4.78, 5) is 19.3. The summed E-state index contributed by atoms with van der Waals surface area (Å²) in [5.41, 5.74) is 3.13. The Morgan fingerprint density at radius 3 is 2.93 bits per heavy atom. The van der Waals surface area contributed by atoms with Crippen molar-refractivity contribution in [3.05, 3.63) is 66.1 Å². The minimum Gasteiger partial charge on any atom is -0.496 e. The van der Waals surface area contributed by atoms with Crippen molar-refractivity contribution in [1.82, 2.24) is 20.1 Å². The Hall–Kier alpha value is -3.15. The number of likely N-dealkylation sites (tertiary alicyclic amines) is 1. The van der Waals surface area contributed by atoms with Crippen molar-refractivity contribution in [3.63, 3.8) is 0 Å². The van der Waals surface area contributed by atoms with Gasteiger partial charge in [-0.25, -0.2) is 0 Å². The van der Waals surface area contributed by atoms with E-state index in [2.05, 4.69) is 15.2 Å². The third-order valence-corrected chi connectivity index (χ3v) is 5.02. The highest BCUT2D eigenvalue weighted by molar-refractivity contribution is 5.94. The number of rotatable bonds is 4. The van der Waals surface area contributed by atoms with Crippen LogP contribution >= 0.6 is 0 Å². The van der Waals surface area contributed by atoms with E-state index in [0.29, 0.717) is 11.4 Å². The van der Waals surface area contributed by atoms with Crippen molar-refractivity contribution in [2.24, 2.45) is 0 Å². The normalized spacial score (nSPS) is 16.9. The molecule has 6 nitrogen and oxygen atoms in total. The van der Waals surface area contributed by atoms with Crippen molar-refractivity contribution in [1.29, 1.82) is 0 Å². The second-order valence-corrected chi connectivity index (χ2v) is 6.66. The molecule has 1 aliphatic heterocycles. The van der Waals surface area contributed by atoms with Crippen LogP contribution < -0.4 is 4.74 Å². The third-order valence-electron chi connectivity index (χ3n) is 5.02. The van der Waals surface area contributed by atoms with Gasteiger partial charge in [0.15, 0.2) is 0 Å². The predicted octanol–water partition coefficient (Wildman–Crippen LogP) is 3.85. The number of hydrogen-bond donors (Lipinski definition) is 1. The van der Waals surface area contributed by atoms with Gasteiger partial charge in [-0.15, -0.1) is 0 Å². The molecule has 0 spiro atoms. The minimum atomic E-state index is -0.0304. The maximum atomic E-state index is 13.2. The number of nitrogens with zero attached hydrogens (tertiary/aromatic N) is 3. The molecule has 1 N–H and O–H groups in total. The Kier molecular flexibility index (Phi) is 4.87. The molecule has 1 unspecified atom stereocenters. The molecule has 0 radical (unpaired) electrons. The Morgan fingerprint density at radius 1 is 1.22 bits per heavy atom. The number of carbonyl (C=O) groups excluding carboxylic acids is 1. The van der Waals surface area contributed by atoms with E-state index in [-0.39, 0.29) is 11.9 Å². The van der Waals surface area contributed by atoms with Gasteiger partial charge in [0.05, 0.1) is 18.8 Å². The monoisotopic (exact) mass is 362 g/mol. The summed E-state index contributed by atoms with van der Waals surface area (Å²) in [5, 5.41) is 7.26. The molecule has 0 aliphatic carbocycles. The van der Waals surface area contributed by atoms with E-state index in [9.17, 15) is 4.79 Å². The van der Waals surface area contributed by atoms with Gasteiger partial charge in [0, 0.05) is 24.5 Å². The molecule has 138 valence electrons. The quantitative estimate of drug-likeness (QED) is 0.765. The lowest BCUT2D eigenvalue weighted by Crippen LogP contribution is -2.38. The number of carbonyl (C=O) groups is 1. The van der Waals surface area contributed by atoms with Crippen LogP contribution in [0.4, 0.5) is 0 Å². The topological polar surface area (TPSA) is 71.1 Å². The number of aromatic amines is 1. The molecule has 1 atom stereocenters. The van der Waals surface area contributed by atoms with Crippen molar-refractivity contribution in [2.45, 2.75) is 25.3 Å². The third kappa shape index (κ3) is 3.43. The number of methoxy groups -OCH3 is 1. The van der Waals surface area contributed by atoms with Crippen LogP contribution in [0.3, 0.4) is 0 Å². The van der Waals surface area contributed by atoms with E-state index in [1.807, 2.05) is 47.5 Å². The largest absolute Gasteiger partial charge is 0.496 e. The zero-order chi connectivity index (χ0) is 18.6. The Balaban J connectivity index is 1.61. The molecule has 1 aromatic carbocycles. The summed E-state index contributed by atoms with van der Waals surface area (Å²) < 4.78 is 5.40. The average Bonchev–Trinajstić information content (AvgIpc) is 3.24. The minimum absolute atomic E-state index is 0.0304. The Morgan fingerprint density at radius 2 is 2.11 bits per heavy atom. The average molecular weight is 362 g/mol. The number of benzene rings is 1. The van der Waals surface area contributed by atoms with Gasteiger partial charge in [-0.1, -0.05) is 18.2 Å². The Labute approximate surface area is 158 Å². The number of aromatic nitrogens is 3. The molecule has 1 aliphatic rings. The molecule has 27 heavy (non-hydrogen) atoms. The Bertz CT molecular complexity index is 923. The molecule has 3 aromatic rings. The second-order valence-electron chi connectivity index (χ2n) is 6.66. The fourth-order valence-electron chi connectivity index (χ4n) is 3.67. The second kappa shape index (κ2) is 7.61. The summed E-state index contributed by atoms with van der Waals surface area (Å²) in [6.45, 7) is 0.738. The SMILES string of the molecule is COc1ccccc1-c1cc(C(=O)N2CCCCC2c2cccnc2)[nH]n1. The molecule has 0 saturated carbocycles. The van der Waals surface area contributed by atoms with Crippen molar-refractivity contribution in [3.8, 4) is 17.0 Å². The van der Waals surface area contributed by atoms with E-state index in [0.717, 1.165) is 42.7 Å². The first kappa shape index (κ1) is 17.3. The number of H-pyrrole nitrogens is 1. The van der Waals surface area contributed by atoms with Gasteiger partial charge in [0.2, 0.25) is 0 Å². The first-order valence-corrected chi connectivity index (χ1v) is 9.17. The van der Waals surface area contributed by atoms with Gasteiger partial charge in [-0.05, 0) is 49.1 Å². The van der Waals surface area contributed by atoms with Gasteiger partial charge in [-0.3, -0.25) is 14.9 Å². The fourth-order valence-corrected chi connectivity index (χ4v) is 3.67. The molecular formula is C21H22N4O2. The number of nitrogens with one attached hydrogen (secondary N) is 1. The van der Waals surface area contributed by atoms with Crippen LogP contribution in [0.1, 0.15) is 41.4 Å². The first-order valence-electron chi connectivity index (χ1n) is 9.17. The van der Waals surface area contributed by atoms with Gasteiger partial charge >= 0.3 is 0 Å². The van der Waals surface area contributed by atoms with E-state index < -0.39 is 0 Å². The van der Waals surface area contributed by atoms with Crippen molar-refractivity contribution in [2.75, 3.05) is 13.7 Å². The molecule has 1 amide bonds. The highest BCUT2D eigenvalue weighted by Gasteiger charge is 2.30. The number of para-hydroxylation sites is 1. The summed E-state index contributed by atoms with van der Waals surface area (Å²) >= 11 is 0. The van der Waals surface area contributed by atoms with Crippen LogP contribution in [0.2, 0.25) is 0 Å². The lowest BCUT2D eigenvalue weighted by molar-refractivity contribution is 0.0605. The molecule has 4 rings (SSSR count). The molecular weight excluding hydrogens is 340 g/mol. The van der Waals surface area contributed by atoms with Crippen LogP contribution in [-0.2, 0) is 0 Å². The van der Waals surface area contributed by atoms with E-state index in [1.54, 1.807) is 19.4 Å². The van der Waals surface area contributed by atoms with Crippen LogP contribution in [0.25, 0.3) is 11.3 Å². The number of amides is 1. The number of pyridine rings is 1. The van der Waals surface area contributed by atoms with Crippen molar-refractivity contribution >= 4 is 5.91 Å². The van der Waals surface area contributed by atoms with E-state index in [4.69, 9.17) is 4.74 Å². The lowest BCUT2D eigenvalue weighted by atomic mass is 9.96. The van der Waals surface area contributed by atoms with Crippen LogP contribution in [0.15, 0.2) is 54.9 Å². The number of piperidine rings is 1. The first-order chi connectivity index (χ1) is 13.3. The van der Waals surface area contributed by atoms with E-state index in [1.165, 1.54) is 0 Å². The molecule has 6 heteroatoms. The zero-order valence-corrected chi connectivity index (χ0v) is 15.3. The van der Waals surface area contributed by atoms with Gasteiger partial charge in [-0.2, -0.15) is 5.10 Å². The van der Waals surface area contributed by atoms with Crippen LogP contribution in [0.5, 0.6) is 5.75 Å². The van der Waals surface area contributed by atoms with Gasteiger partial charge in [0.1, 0.15) is 11.4 Å². The molecule has 1 fully saturated rings. The predicted molar refractivity (Wildman–Crippen MR) is 102 cm³/mol. The lowest BCUT2D eigenvalue weighted by Gasteiger charge is -2.35. The maximum Gasteiger partial charge on any atom is 0.272 e. The van der Waals surface area contributed by atoms with Gasteiger partial charge < -0.3 is 9.64 Å². The summed E-state index contributed by atoms with van der Waals surface area (Å²) in [5.74, 6) is 0.700. The molecule has 0 bridgehead atoms. The van der Waals surface area contributed by atoms with Crippen LogP contribution in [-0.4, -0.2) is 39.6 Å². The zero-order valence-electron chi connectivity index (χ0n) is 15.3. The maximum absolute atomic E-state index is 13.2. The van der Waals surface area contributed by atoms with Crippen LogP contribution in [0, 0.1) is 0 Å². The molecule has 3 heterocycles. The fraction of sp³-hybridized carbons (Fsp3) is 0.286. The summed E-state index contributed by atoms with van der Waals surface area (Å²) in [6.07, 6.45) is 6.68. The molecule has 1 saturated heterocycles. The highest BCUT2D eigenvalue weighted by atomic mass is 16.5. The number of ether oxygens (including phenoxy) is 1. The van der Waals surface area contributed by atoms with Crippen molar-refractivity contribution < 1.29 is 9.53 Å². The smallest absolute Gasteiger partial charge is 0.272 e. The number of hydrogen-bond acceptors (Lipinski definition) is 4. The highest BCUT2D eigenvalue weighted by Crippen LogP contribution is 2.33. The standard InChI is InChI=1S/C21H22N4O2/c1-27-20-10-3-2-8-16(20)17-13-18(24-23-17)21(26)25-12-5-4-9-19(25)15-7-6-11-22-14-15/h2-3,6-8,10-11,13-14,19H,4-5,9,12H2,1H3,(H,23,24). The summed E-state index contributed by atoms with van der Waals surface area (Å²) in [7, 11) is 1.63.